The van der Waals surface area contributed by atoms with E-state index >= 15 is 0 Å². The molecule has 0 unspecified atom stereocenters. The van der Waals surface area contributed by atoms with Gasteiger partial charge >= 0.3 is 0 Å². The van der Waals surface area contributed by atoms with Crippen LogP contribution in [0.15, 0.2) is 30.3 Å². The lowest BCUT2D eigenvalue weighted by molar-refractivity contribution is 0.0497. The average molecular weight is 440 g/mol. The van der Waals surface area contributed by atoms with Crippen LogP contribution in [0.2, 0.25) is 0 Å². The summed E-state index contributed by atoms with van der Waals surface area (Å²) in [5.74, 6) is 1.53. The summed E-state index contributed by atoms with van der Waals surface area (Å²) in [6, 6.07) is 10.4. The maximum Gasteiger partial charge on any atom is 0.234 e. The van der Waals surface area contributed by atoms with Crippen molar-refractivity contribution in [2.24, 2.45) is 5.92 Å². The number of piperidine rings is 1. The summed E-state index contributed by atoms with van der Waals surface area (Å²) < 4.78 is 12.2. The fourth-order valence-corrected chi connectivity index (χ4v) is 4.61. The first kappa shape index (κ1) is 23.0. The summed E-state index contributed by atoms with van der Waals surface area (Å²) in [6.45, 7) is 4.24. The minimum absolute atomic E-state index is 0.0741. The zero-order valence-electron chi connectivity index (χ0n) is 19.3. The van der Waals surface area contributed by atoms with E-state index in [0.29, 0.717) is 18.6 Å². The standard InChI is InChI=1S/C26H37N3O3/c1-2-3-9-24-23(16-26(29-28-24)31-18-20-17-27-15-14-25(20)30)19-10-12-22(13-11-19)32-21-7-5-4-6-8-21/h10-13,16,20-21,25,27,30H,2-9,14-15,17-18H2,1H3/t20-,25-/m0/s1. The minimum Gasteiger partial charge on any atom is -0.490 e. The molecule has 2 atom stereocenters. The Kier molecular flexibility index (Phi) is 8.35. The van der Waals surface area contributed by atoms with Crippen molar-refractivity contribution in [2.45, 2.75) is 76.9 Å². The predicted octanol–water partition coefficient (Wildman–Crippen LogP) is 4.55. The van der Waals surface area contributed by atoms with E-state index in [1.165, 1.54) is 19.3 Å². The SMILES string of the molecule is CCCCc1nnc(OC[C@@H]2CNCC[C@@H]2O)cc1-c1ccc(OC2CCCCC2)cc1. The summed E-state index contributed by atoms with van der Waals surface area (Å²) in [4.78, 5) is 0. The van der Waals surface area contributed by atoms with Crippen molar-refractivity contribution in [3.05, 3.63) is 36.0 Å². The molecule has 6 heteroatoms. The van der Waals surface area contributed by atoms with Gasteiger partial charge in [0.1, 0.15) is 5.75 Å². The van der Waals surface area contributed by atoms with E-state index in [0.717, 1.165) is 74.2 Å². The summed E-state index contributed by atoms with van der Waals surface area (Å²) in [5.41, 5.74) is 3.17. The van der Waals surface area contributed by atoms with Gasteiger partial charge in [0.2, 0.25) is 5.88 Å². The number of benzene rings is 1. The minimum atomic E-state index is -0.329. The molecule has 6 nitrogen and oxygen atoms in total. The van der Waals surface area contributed by atoms with Crippen LogP contribution in [0.25, 0.3) is 11.1 Å². The van der Waals surface area contributed by atoms with Gasteiger partial charge in [0.05, 0.1) is 24.5 Å². The third-order valence-electron chi connectivity index (χ3n) is 6.65. The van der Waals surface area contributed by atoms with Crippen LogP contribution < -0.4 is 14.8 Å². The summed E-state index contributed by atoms with van der Waals surface area (Å²) in [5, 5.41) is 22.3. The van der Waals surface area contributed by atoms with Crippen molar-refractivity contribution in [1.29, 1.82) is 0 Å². The highest BCUT2D eigenvalue weighted by Crippen LogP contribution is 2.30. The van der Waals surface area contributed by atoms with Crippen LogP contribution in [-0.4, -0.2) is 47.2 Å². The first-order chi connectivity index (χ1) is 15.7. The number of aliphatic hydroxyl groups excluding tert-OH is 1. The number of ether oxygens (including phenoxy) is 2. The molecule has 2 fully saturated rings. The second kappa shape index (κ2) is 11.6. The Hall–Kier alpha value is -2.18. The molecule has 0 spiro atoms. The summed E-state index contributed by atoms with van der Waals surface area (Å²) in [7, 11) is 0. The van der Waals surface area contributed by atoms with E-state index < -0.39 is 0 Å². The molecule has 0 amide bonds. The van der Waals surface area contributed by atoms with Gasteiger partial charge in [0, 0.05) is 24.1 Å². The number of rotatable bonds is 9. The fraction of sp³-hybridized carbons (Fsp3) is 0.615. The van der Waals surface area contributed by atoms with Crippen LogP contribution in [0.1, 0.15) is 64.0 Å². The number of hydrogen-bond donors (Lipinski definition) is 2. The molecule has 0 radical (unpaired) electrons. The number of hydrogen-bond acceptors (Lipinski definition) is 6. The molecule has 32 heavy (non-hydrogen) atoms. The van der Waals surface area contributed by atoms with Crippen LogP contribution >= 0.6 is 0 Å². The van der Waals surface area contributed by atoms with Crippen LogP contribution in [0.5, 0.6) is 11.6 Å². The average Bonchev–Trinajstić information content (AvgIpc) is 2.84. The quantitative estimate of drug-likeness (QED) is 0.597. The Morgan fingerprint density at radius 1 is 1.06 bits per heavy atom. The highest BCUT2D eigenvalue weighted by Gasteiger charge is 2.24. The van der Waals surface area contributed by atoms with Crippen LogP contribution in [0.3, 0.4) is 0 Å². The third-order valence-corrected chi connectivity index (χ3v) is 6.65. The molecular formula is C26H37N3O3. The highest BCUT2D eigenvalue weighted by molar-refractivity contribution is 5.67. The molecule has 1 aromatic heterocycles. The first-order valence-electron chi connectivity index (χ1n) is 12.4. The zero-order valence-corrected chi connectivity index (χ0v) is 19.3. The molecule has 2 N–H and O–H groups in total. The normalized spacial score (nSPS) is 21.9. The summed E-state index contributed by atoms with van der Waals surface area (Å²) in [6.07, 6.45) is 10.0. The summed E-state index contributed by atoms with van der Waals surface area (Å²) >= 11 is 0. The van der Waals surface area contributed by atoms with E-state index in [-0.39, 0.29) is 12.0 Å². The number of nitrogens with zero attached hydrogens (tertiary/aromatic N) is 2. The fourth-order valence-electron chi connectivity index (χ4n) is 4.61. The largest absolute Gasteiger partial charge is 0.490 e. The maximum atomic E-state index is 10.2. The van der Waals surface area contributed by atoms with E-state index in [1.807, 2.05) is 6.07 Å². The Morgan fingerprint density at radius 3 is 2.62 bits per heavy atom. The van der Waals surface area contributed by atoms with E-state index in [9.17, 15) is 5.11 Å². The molecule has 0 bridgehead atoms. The van der Waals surface area contributed by atoms with Crippen molar-refractivity contribution >= 4 is 0 Å². The van der Waals surface area contributed by atoms with Gasteiger partial charge in [0.25, 0.3) is 0 Å². The Morgan fingerprint density at radius 2 is 1.88 bits per heavy atom. The molecule has 174 valence electrons. The molecular weight excluding hydrogens is 402 g/mol. The van der Waals surface area contributed by atoms with E-state index in [4.69, 9.17) is 9.47 Å². The number of unbranched alkanes of at least 4 members (excludes halogenated alkanes) is 1. The van der Waals surface area contributed by atoms with Gasteiger partial charge in [-0.3, -0.25) is 0 Å². The first-order valence-corrected chi connectivity index (χ1v) is 12.4. The smallest absolute Gasteiger partial charge is 0.234 e. The van der Waals surface area contributed by atoms with Crippen LogP contribution in [0.4, 0.5) is 0 Å². The second-order valence-corrected chi connectivity index (χ2v) is 9.18. The van der Waals surface area contributed by atoms with Gasteiger partial charge in [-0.2, -0.15) is 5.10 Å². The highest BCUT2D eigenvalue weighted by atomic mass is 16.5. The number of nitrogens with one attached hydrogen (secondary N) is 1. The molecule has 2 heterocycles. The molecule has 1 aliphatic heterocycles. The zero-order chi connectivity index (χ0) is 22.2. The van der Waals surface area contributed by atoms with Gasteiger partial charge < -0.3 is 19.9 Å². The van der Waals surface area contributed by atoms with Gasteiger partial charge in [-0.05, 0) is 69.2 Å². The maximum absolute atomic E-state index is 10.2. The predicted molar refractivity (Wildman–Crippen MR) is 126 cm³/mol. The van der Waals surface area contributed by atoms with Gasteiger partial charge in [-0.15, -0.1) is 5.10 Å². The van der Waals surface area contributed by atoms with Crippen LogP contribution in [-0.2, 0) is 6.42 Å². The van der Waals surface area contributed by atoms with Crippen molar-refractivity contribution in [3.8, 4) is 22.8 Å². The Bertz CT molecular complexity index is 837. The molecule has 2 aromatic rings. The third kappa shape index (κ3) is 6.20. The van der Waals surface area contributed by atoms with Gasteiger partial charge in [0.15, 0.2) is 0 Å². The van der Waals surface area contributed by atoms with Crippen molar-refractivity contribution in [3.63, 3.8) is 0 Å². The van der Waals surface area contributed by atoms with Crippen molar-refractivity contribution < 1.29 is 14.6 Å². The van der Waals surface area contributed by atoms with Gasteiger partial charge in [-0.25, -0.2) is 0 Å². The van der Waals surface area contributed by atoms with Crippen LogP contribution in [0, 0.1) is 5.92 Å². The monoisotopic (exact) mass is 439 g/mol. The Balaban J connectivity index is 1.47. The second-order valence-electron chi connectivity index (χ2n) is 9.18. The lowest BCUT2D eigenvalue weighted by Gasteiger charge is -2.28. The van der Waals surface area contributed by atoms with Gasteiger partial charge in [-0.1, -0.05) is 31.9 Å². The lowest BCUT2D eigenvalue weighted by Crippen LogP contribution is -2.42. The number of aliphatic hydroxyl groups is 1. The molecule has 4 rings (SSSR count). The van der Waals surface area contributed by atoms with Crippen molar-refractivity contribution in [2.75, 3.05) is 19.7 Å². The van der Waals surface area contributed by atoms with Crippen molar-refractivity contribution in [1.82, 2.24) is 15.5 Å². The number of aromatic nitrogens is 2. The molecule has 1 aliphatic carbocycles. The van der Waals surface area contributed by atoms with E-state index in [1.54, 1.807) is 0 Å². The van der Waals surface area contributed by atoms with E-state index in [2.05, 4.69) is 46.7 Å². The molecule has 1 aromatic carbocycles. The topological polar surface area (TPSA) is 76.5 Å². The molecule has 1 saturated heterocycles. The lowest BCUT2D eigenvalue weighted by atomic mass is 9.97. The molecule has 2 aliphatic rings. The Labute approximate surface area is 191 Å². The number of aryl methyl sites for hydroxylation is 1. The molecule has 1 saturated carbocycles.